The first-order chi connectivity index (χ1) is 8.56. The van der Waals surface area contributed by atoms with Gasteiger partial charge in [-0.15, -0.1) is 0 Å². The van der Waals surface area contributed by atoms with Crippen molar-refractivity contribution in [3.05, 3.63) is 28.8 Å². The number of hydrogen-bond acceptors (Lipinski definition) is 3. The number of benzene rings is 1. The second-order valence-electron chi connectivity index (χ2n) is 4.40. The van der Waals surface area contributed by atoms with E-state index >= 15 is 0 Å². The number of aryl methyl sites for hydroxylation is 2. The molecule has 4 heteroatoms. The zero-order chi connectivity index (χ0) is 13.5. The lowest BCUT2D eigenvalue weighted by molar-refractivity contribution is 0.184. The van der Waals surface area contributed by atoms with E-state index in [1.54, 1.807) is 7.11 Å². The summed E-state index contributed by atoms with van der Waals surface area (Å²) in [5.74, 6) is 0.991. The summed E-state index contributed by atoms with van der Waals surface area (Å²) >= 11 is 0. The molecule has 0 fully saturated rings. The van der Waals surface area contributed by atoms with Crippen molar-refractivity contribution in [3.63, 3.8) is 0 Å². The van der Waals surface area contributed by atoms with Gasteiger partial charge in [-0.1, -0.05) is 0 Å². The van der Waals surface area contributed by atoms with Crippen LogP contribution in [0.25, 0.3) is 0 Å². The number of amidine groups is 1. The van der Waals surface area contributed by atoms with E-state index in [4.69, 9.17) is 20.6 Å². The Hall–Kier alpha value is -1.55. The predicted molar refractivity (Wildman–Crippen MR) is 73.5 cm³/mol. The fraction of sp³-hybridized carbons (Fsp3) is 0.500. The zero-order valence-corrected chi connectivity index (χ0v) is 11.4. The van der Waals surface area contributed by atoms with E-state index in [1.807, 2.05) is 26.0 Å². The molecule has 0 aliphatic rings. The first-order valence-electron chi connectivity index (χ1n) is 6.13. The topological polar surface area (TPSA) is 68.3 Å². The molecule has 1 aromatic carbocycles. The predicted octanol–water partition coefficient (Wildman–Crippen LogP) is 2.39. The molecule has 0 aliphatic carbocycles. The molecule has 1 rings (SSSR count). The number of methoxy groups -OCH3 is 1. The lowest BCUT2D eigenvalue weighted by atomic mass is 10.1. The monoisotopic (exact) mass is 250 g/mol. The summed E-state index contributed by atoms with van der Waals surface area (Å²) < 4.78 is 10.8. The molecule has 0 radical (unpaired) electrons. The minimum absolute atomic E-state index is 0.0906. The second kappa shape index (κ2) is 7.01. The molecule has 0 spiro atoms. The Balaban J connectivity index is 2.63. The van der Waals surface area contributed by atoms with Gasteiger partial charge in [-0.25, -0.2) is 0 Å². The van der Waals surface area contributed by atoms with Crippen LogP contribution < -0.4 is 10.5 Å². The Bertz CT molecular complexity index is 393. The van der Waals surface area contributed by atoms with Crippen molar-refractivity contribution in [1.29, 1.82) is 5.41 Å². The molecule has 100 valence electrons. The molecule has 0 saturated carbocycles. The highest BCUT2D eigenvalue weighted by Crippen LogP contribution is 2.24. The third-order valence-corrected chi connectivity index (χ3v) is 2.76. The maximum Gasteiger partial charge on any atom is 0.125 e. The minimum Gasteiger partial charge on any atom is -0.493 e. The third kappa shape index (κ3) is 4.04. The highest BCUT2D eigenvalue weighted by atomic mass is 16.5. The second-order valence-corrected chi connectivity index (χ2v) is 4.40. The quantitative estimate of drug-likeness (QED) is 0.443. The highest BCUT2D eigenvalue weighted by molar-refractivity contribution is 5.95. The van der Waals surface area contributed by atoms with Crippen LogP contribution in [0.3, 0.4) is 0 Å². The zero-order valence-electron chi connectivity index (χ0n) is 11.4. The fourth-order valence-electron chi connectivity index (χ4n) is 1.86. The number of ether oxygens (including phenoxy) is 2. The van der Waals surface area contributed by atoms with Crippen LogP contribution in [0.15, 0.2) is 12.1 Å². The summed E-state index contributed by atoms with van der Waals surface area (Å²) in [4.78, 5) is 0. The summed E-state index contributed by atoms with van der Waals surface area (Å²) in [6.07, 6.45) is 1.97. The van der Waals surface area contributed by atoms with Crippen molar-refractivity contribution in [2.75, 3.05) is 20.3 Å². The van der Waals surface area contributed by atoms with Crippen LogP contribution in [0.1, 0.15) is 29.5 Å². The minimum atomic E-state index is 0.0906. The number of rotatable bonds is 7. The molecule has 0 unspecified atom stereocenters. The molecule has 4 nitrogen and oxygen atoms in total. The molecule has 0 amide bonds. The average Bonchev–Trinajstić information content (AvgIpc) is 2.31. The van der Waals surface area contributed by atoms with Crippen LogP contribution >= 0.6 is 0 Å². The number of hydrogen-bond donors (Lipinski definition) is 2. The Morgan fingerprint density at radius 2 is 1.72 bits per heavy atom. The maximum atomic E-state index is 7.44. The number of nitrogen functional groups attached to an aromatic ring is 1. The molecule has 0 saturated heterocycles. The van der Waals surface area contributed by atoms with Crippen LogP contribution in [-0.4, -0.2) is 26.2 Å². The van der Waals surface area contributed by atoms with E-state index < -0.39 is 0 Å². The van der Waals surface area contributed by atoms with Gasteiger partial charge in [0.05, 0.1) is 6.61 Å². The van der Waals surface area contributed by atoms with E-state index in [0.717, 1.165) is 41.9 Å². The van der Waals surface area contributed by atoms with Gasteiger partial charge in [0.1, 0.15) is 11.6 Å². The van der Waals surface area contributed by atoms with Crippen LogP contribution in [0.2, 0.25) is 0 Å². The van der Waals surface area contributed by atoms with Gasteiger partial charge >= 0.3 is 0 Å². The molecule has 0 heterocycles. The van der Waals surface area contributed by atoms with E-state index in [1.165, 1.54) is 0 Å². The molecule has 0 bridgehead atoms. The van der Waals surface area contributed by atoms with Crippen LogP contribution in [-0.2, 0) is 4.74 Å². The molecule has 0 aromatic heterocycles. The van der Waals surface area contributed by atoms with Crippen LogP contribution in [0, 0.1) is 19.3 Å². The number of nitrogens with two attached hydrogens (primary N) is 1. The van der Waals surface area contributed by atoms with Gasteiger partial charge in [0.2, 0.25) is 0 Å². The Morgan fingerprint density at radius 1 is 1.17 bits per heavy atom. The summed E-state index contributed by atoms with van der Waals surface area (Å²) in [5, 5.41) is 7.44. The van der Waals surface area contributed by atoms with Crippen molar-refractivity contribution < 1.29 is 9.47 Å². The van der Waals surface area contributed by atoms with Gasteiger partial charge in [-0.05, 0) is 49.9 Å². The van der Waals surface area contributed by atoms with Crippen molar-refractivity contribution in [2.24, 2.45) is 5.73 Å². The summed E-state index contributed by atoms with van der Waals surface area (Å²) in [5.41, 5.74) is 8.27. The largest absolute Gasteiger partial charge is 0.493 e. The van der Waals surface area contributed by atoms with Gasteiger partial charge in [0.15, 0.2) is 0 Å². The smallest absolute Gasteiger partial charge is 0.125 e. The van der Waals surface area contributed by atoms with Crippen molar-refractivity contribution >= 4 is 5.84 Å². The maximum absolute atomic E-state index is 7.44. The van der Waals surface area contributed by atoms with E-state index in [0.29, 0.717) is 6.61 Å². The number of nitrogens with one attached hydrogen (secondary N) is 1. The normalized spacial score (nSPS) is 10.4. The molecule has 18 heavy (non-hydrogen) atoms. The van der Waals surface area contributed by atoms with Crippen LogP contribution in [0.4, 0.5) is 0 Å². The van der Waals surface area contributed by atoms with Crippen molar-refractivity contribution in [2.45, 2.75) is 26.7 Å². The van der Waals surface area contributed by atoms with Gasteiger partial charge in [-0.3, -0.25) is 5.41 Å². The molecule has 0 aliphatic heterocycles. The Morgan fingerprint density at radius 3 is 2.22 bits per heavy atom. The lowest BCUT2D eigenvalue weighted by Crippen LogP contribution is -2.12. The SMILES string of the molecule is COCCCCOc1c(C)cc(C(=N)N)cc1C. The fourth-order valence-corrected chi connectivity index (χ4v) is 1.86. The van der Waals surface area contributed by atoms with Gasteiger partial charge < -0.3 is 15.2 Å². The van der Waals surface area contributed by atoms with E-state index in [9.17, 15) is 0 Å². The summed E-state index contributed by atoms with van der Waals surface area (Å²) in [7, 11) is 1.70. The Labute approximate surface area is 109 Å². The molecule has 0 atom stereocenters. The third-order valence-electron chi connectivity index (χ3n) is 2.76. The molecular weight excluding hydrogens is 228 g/mol. The van der Waals surface area contributed by atoms with E-state index in [2.05, 4.69) is 0 Å². The highest BCUT2D eigenvalue weighted by Gasteiger charge is 2.07. The first kappa shape index (κ1) is 14.5. The average molecular weight is 250 g/mol. The first-order valence-corrected chi connectivity index (χ1v) is 6.13. The van der Waals surface area contributed by atoms with Gasteiger partial charge in [0.25, 0.3) is 0 Å². The Kier molecular flexibility index (Phi) is 5.65. The van der Waals surface area contributed by atoms with Crippen molar-refractivity contribution in [1.82, 2.24) is 0 Å². The van der Waals surface area contributed by atoms with Crippen molar-refractivity contribution in [3.8, 4) is 5.75 Å². The lowest BCUT2D eigenvalue weighted by Gasteiger charge is -2.13. The van der Waals surface area contributed by atoms with Gasteiger partial charge in [0, 0.05) is 19.3 Å². The molecule has 1 aromatic rings. The molecule has 3 N–H and O–H groups in total. The summed E-state index contributed by atoms with van der Waals surface area (Å²) in [6.45, 7) is 5.41. The molecular formula is C14H22N2O2. The van der Waals surface area contributed by atoms with E-state index in [-0.39, 0.29) is 5.84 Å². The van der Waals surface area contributed by atoms with Crippen LogP contribution in [0.5, 0.6) is 5.75 Å². The summed E-state index contributed by atoms with van der Waals surface area (Å²) in [6, 6.07) is 3.78. The number of unbranched alkanes of at least 4 members (excludes halogenated alkanes) is 1. The van der Waals surface area contributed by atoms with Gasteiger partial charge in [-0.2, -0.15) is 0 Å². The standard InChI is InChI=1S/C14H22N2O2/c1-10-8-12(14(15)16)9-11(2)13(10)18-7-5-4-6-17-3/h8-9H,4-7H2,1-3H3,(H3,15,16).